The van der Waals surface area contributed by atoms with Gasteiger partial charge in [-0.2, -0.15) is 0 Å². The molecular formula is C29H40ClFN4O2. The maximum Gasteiger partial charge on any atom is 0.224 e. The fourth-order valence-corrected chi connectivity index (χ4v) is 6.13. The molecule has 37 heavy (non-hydrogen) atoms. The summed E-state index contributed by atoms with van der Waals surface area (Å²) in [6.07, 6.45) is 12.1. The third kappa shape index (κ3) is 8.37. The number of nitrogens with zero attached hydrogens (tertiary/aromatic N) is 3. The molecule has 3 fully saturated rings. The fraction of sp³-hybridized carbons (Fsp3) is 0.621. The van der Waals surface area contributed by atoms with Crippen molar-refractivity contribution < 1.29 is 13.9 Å². The van der Waals surface area contributed by atoms with Gasteiger partial charge in [-0.05, 0) is 81.5 Å². The Bertz CT molecular complexity index is 1000. The Morgan fingerprint density at radius 2 is 2.08 bits per heavy atom. The molecule has 2 saturated carbocycles. The molecule has 0 bridgehead atoms. The van der Waals surface area contributed by atoms with E-state index in [1.54, 1.807) is 18.3 Å². The Kier molecular flexibility index (Phi) is 9.77. The minimum atomic E-state index is -0.375. The number of rotatable bonds is 12. The number of carbonyl (C=O) groups excluding carboxylic acids is 1. The average Bonchev–Trinajstić information content (AvgIpc) is 3.51. The highest BCUT2D eigenvalue weighted by Crippen LogP contribution is 2.49. The molecule has 6 nitrogen and oxygen atoms in total. The summed E-state index contributed by atoms with van der Waals surface area (Å²) in [5.74, 6) is 2.31. The number of hydrogen-bond acceptors (Lipinski definition) is 5. The van der Waals surface area contributed by atoms with E-state index in [0.717, 1.165) is 57.0 Å². The number of ether oxygens (including phenoxy) is 1. The maximum atomic E-state index is 14.6. The van der Waals surface area contributed by atoms with Crippen LogP contribution >= 0.6 is 11.6 Å². The molecule has 1 amide bonds. The van der Waals surface area contributed by atoms with E-state index in [-0.39, 0.29) is 23.7 Å². The van der Waals surface area contributed by atoms with E-state index in [1.807, 2.05) is 0 Å². The van der Waals surface area contributed by atoms with Gasteiger partial charge in [0.2, 0.25) is 5.91 Å². The van der Waals surface area contributed by atoms with Gasteiger partial charge in [0.15, 0.2) is 0 Å². The second-order valence-electron chi connectivity index (χ2n) is 11.1. The summed E-state index contributed by atoms with van der Waals surface area (Å²) in [6.45, 7) is 8.84. The first-order valence-corrected chi connectivity index (χ1v) is 14.0. The number of nitrogens with one attached hydrogen (secondary N) is 1. The van der Waals surface area contributed by atoms with Crippen molar-refractivity contribution in [3.63, 3.8) is 0 Å². The second kappa shape index (κ2) is 13.0. The first kappa shape index (κ1) is 27.8. The number of allylic oxidation sites excluding steroid dienone is 1. The molecule has 1 aromatic rings. The van der Waals surface area contributed by atoms with Crippen LogP contribution in [-0.4, -0.2) is 55.6 Å². The highest BCUT2D eigenvalue weighted by atomic mass is 35.5. The van der Waals surface area contributed by atoms with Crippen LogP contribution in [-0.2, 0) is 11.2 Å². The maximum absolute atomic E-state index is 14.6. The third-order valence-electron chi connectivity index (χ3n) is 8.21. The summed E-state index contributed by atoms with van der Waals surface area (Å²) in [6, 6.07) is 4.88. The Morgan fingerprint density at radius 1 is 1.32 bits per heavy atom. The lowest BCUT2D eigenvalue weighted by molar-refractivity contribution is -0.122. The highest BCUT2D eigenvalue weighted by molar-refractivity contribution is 6.39. The van der Waals surface area contributed by atoms with Crippen LogP contribution in [0.3, 0.4) is 0 Å². The van der Waals surface area contributed by atoms with E-state index < -0.39 is 0 Å². The van der Waals surface area contributed by atoms with Crippen LogP contribution in [0.1, 0.15) is 63.9 Å². The summed E-state index contributed by atoms with van der Waals surface area (Å²) in [7, 11) is 0. The summed E-state index contributed by atoms with van der Waals surface area (Å²) in [5, 5.41) is 3.58. The quantitative estimate of drug-likeness (QED) is 0.350. The molecule has 2 atom stereocenters. The predicted molar refractivity (Wildman–Crippen MR) is 148 cm³/mol. The summed E-state index contributed by atoms with van der Waals surface area (Å²) in [4.78, 5) is 22.8. The lowest BCUT2D eigenvalue weighted by Crippen LogP contribution is -2.44. The highest BCUT2D eigenvalue weighted by Gasteiger charge is 2.43. The number of piperidine rings is 1. The number of likely N-dealkylation sites (tertiary alicyclic amines) is 1. The van der Waals surface area contributed by atoms with Gasteiger partial charge in [0.1, 0.15) is 11.6 Å². The van der Waals surface area contributed by atoms with Crippen molar-refractivity contribution in [2.75, 3.05) is 26.4 Å². The van der Waals surface area contributed by atoms with Gasteiger partial charge in [-0.15, -0.1) is 0 Å². The van der Waals surface area contributed by atoms with Gasteiger partial charge in [0.25, 0.3) is 0 Å². The third-order valence-corrected chi connectivity index (χ3v) is 8.40. The van der Waals surface area contributed by atoms with Crippen molar-refractivity contribution in [1.29, 1.82) is 0 Å². The largest absolute Gasteiger partial charge is 0.493 e. The number of hydrogen-bond donors (Lipinski definition) is 1. The number of benzene rings is 1. The Morgan fingerprint density at radius 3 is 2.78 bits per heavy atom. The number of amides is 1. The normalized spacial score (nSPS) is 24.4. The topological polar surface area (TPSA) is 66.3 Å². The van der Waals surface area contributed by atoms with Crippen LogP contribution in [0.15, 0.2) is 39.4 Å². The van der Waals surface area contributed by atoms with Crippen molar-refractivity contribution in [1.82, 2.24) is 10.2 Å². The first-order chi connectivity index (χ1) is 17.8. The van der Waals surface area contributed by atoms with Crippen molar-refractivity contribution in [2.45, 2.75) is 70.3 Å². The molecule has 0 radical (unpaired) electrons. The Balaban J connectivity index is 1.12. The van der Waals surface area contributed by atoms with Gasteiger partial charge in [0, 0.05) is 37.1 Å². The van der Waals surface area contributed by atoms with Crippen molar-refractivity contribution in [2.24, 2.45) is 27.7 Å². The molecule has 202 valence electrons. The lowest BCUT2D eigenvalue weighted by atomic mass is 9.91. The molecule has 1 aliphatic heterocycles. The van der Waals surface area contributed by atoms with E-state index in [9.17, 15) is 9.18 Å². The van der Waals surface area contributed by atoms with Gasteiger partial charge in [-0.3, -0.25) is 19.7 Å². The zero-order valence-electron chi connectivity index (χ0n) is 21.9. The van der Waals surface area contributed by atoms with Crippen LogP contribution in [0.2, 0.25) is 0 Å². The fourth-order valence-electron chi connectivity index (χ4n) is 5.99. The molecule has 1 saturated heterocycles. The zero-order chi connectivity index (χ0) is 26.3. The summed E-state index contributed by atoms with van der Waals surface area (Å²) < 4.78 is 20.5. The Hall–Kier alpha value is -2.25. The van der Waals surface area contributed by atoms with E-state index in [2.05, 4.69) is 33.8 Å². The second-order valence-corrected chi connectivity index (χ2v) is 11.6. The molecule has 0 aromatic heterocycles. The molecule has 0 spiro atoms. The molecule has 3 aliphatic rings. The molecule has 4 rings (SSSR count). The van der Waals surface area contributed by atoms with E-state index in [4.69, 9.17) is 16.3 Å². The van der Waals surface area contributed by atoms with Gasteiger partial charge >= 0.3 is 0 Å². The molecule has 1 aromatic carbocycles. The van der Waals surface area contributed by atoms with Gasteiger partial charge < -0.3 is 10.1 Å². The number of carbonyl (C=O) groups is 1. The van der Waals surface area contributed by atoms with Crippen molar-refractivity contribution >= 4 is 30.4 Å². The predicted octanol–water partition coefficient (Wildman–Crippen LogP) is 5.74. The smallest absolute Gasteiger partial charge is 0.224 e. The Labute approximate surface area is 225 Å². The average molecular weight is 531 g/mol. The van der Waals surface area contributed by atoms with Crippen LogP contribution in [0.25, 0.3) is 0 Å². The number of halogens is 2. The molecule has 1 N–H and O–H groups in total. The van der Waals surface area contributed by atoms with E-state index in [1.165, 1.54) is 31.5 Å². The lowest BCUT2D eigenvalue weighted by Gasteiger charge is -2.31. The van der Waals surface area contributed by atoms with Crippen LogP contribution in [0.4, 0.5) is 4.39 Å². The van der Waals surface area contributed by atoms with Crippen molar-refractivity contribution in [3.05, 3.63) is 40.8 Å². The van der Waals surface area contributed by atoms with Crippen LogP contribution < -0.4 is 10.1 Å². The first-order valence-electron chi connectivity index (χ1n) is 13.6. The molecular weight excluding hydrogens is 491 g/mol. The summed E-state index contributed by atoms with van der Waals surface area (Å²) >= 11 is 5.95. The molecule has 2 unspecified atom stereocenters. The van der Waals surface area contributed by atoms with Crippen LogP contribution in [0.5, 0.6) is 5.75 Å². The minimum absolute atomic E-state index is 0.0637. The van der Waals surface area contributed by atoms with Gasteiger partial charge in [-0.25, -0.2) is 4.39 Å². The van der Waals surface area contributed by atoms with Crippen molar-refractivity contribution in [3.8, 4) is 5.75 Å². The number of aliphatic imine (C=N–C) groups is 2. The van der Waals surface area contributed by atoms with Gasteiger partial charge in [-0.1, -0.05) is 30.5 Å². The standard InChI is InChI=1S/C29H40ClFN4O2/c1-29(10-3-4-11-29)34-28(36)16-23-5-6-25(17-27(23)31)37-14-9-22-15-26(22)21-7-12-35(13-8-21)20-33-19-24(30)18-32-2/h5-6,17-19,21-22,26H,2-4,7-16,20H2,1H3,(H,34,36)/b24-18+,33-19-. The molecule has 8 heteroatoms. The molecule has 1 heterocycles. The van der Waals surface area contributed by atoms with E-state index in [0.29, 0.717) is 35.5 Å². The molecule has 2 aliphatic carbocycles. The van der Waals surface area contributed by atoms with Crippen LogP contribution in [0, 0.1) is 23.6 Å². The van der Waals surface area contributed by atoms with E-state index >= 15 is 0 Å². The zero-order valence-corrected chi connectivity index (χ0v) is 22.7. The summed E-state index contributed by atoms with van der Waals surface area (Å²) in [5.41, 5.74) is 0.276. The minimum Gasteiger partial charge on any atom is -0.493 e. The van der Waals surface area contributed by atoms with Gasteiger partial charge in [0.05, 0.1) is 24.7 Å². The SMILES string of the molecule is C=N/C=C(Cl)\C=N/CN1CCC(C2CC2CCOc2ccc(CC(=O)NC3(C)CCCC3)c(F)c2)CC1. The monoisotopic (exact) mass is 530 g/mol.